The molecule has 3 heteroatoms. The topological polar surface area (TPSA) is 25.2 Å². The Kier molecular flexibility index (Phi) is 3.17. The van der Waals surface area contributed by atoms with Crippen LogP contribution >= 0.6 is 11.3 Å². The summed E-state index contributed by atoms with van der Waals surface area (Å²) in [6.45, 7) is 0. The molecule has 0 aliphatic heterocycles. The summed E-state index contributed by atoms with van der Waals surface area (Å²) in [5.41, 5.74) is 1.36. The number of thiophene rings is 1. The molecule has 2 aromatic heterocycles. The van der Waals surface area contributed by atoms with Gasteiger partial charge in [0.1, 0.15) is 5.76 Å². The van der Waals surface area contributed by atoms with E-state index in [0.29, 0.717) is 6.04 Å². The first-order valence-corrected chi connectivity index (χ1v) is 6.92. The zero-order valence-electron chi connectivity index (χ0n) is 10.2. The monoisotopic (exact) mass is 257 g/mol. The minimum absolute atomic E-state index is 0.298. The van der Waals surface area contributed by atoms with Gasteiger partial charge < -0.3 is 9.73 Å². The van der Waals surface area contributed by atoms with Crippen molar-refractivity contribution in [2.75, 3.05) is 7.05 Å². The molecule has 1 N–H and O–H groups in total. The first-order valence-electron chi connectivity index (χ1n) is 6.04. The van der Waals surface area contributed by atoms with Gasteiger partial charge in [-0.2, -0.15) is 0 Å². The van der Waals surface area contributed by atoms with E-state index in [-0.39, 0.29) is 0 Å². The third-order valence-corrected chi connectivity index (χ3v) is 4.20. The molecular formula is C15H15NOS. The van der Waals surface area contributed by atoms with Crippen LogP contribution in [0.25, 0.3) is 10.1 Å². The largest absolute Gasteiger partial charge is 0.469 e. The summed E-state index contributed by atoms with van der Waals surface area (Å²) in [6, 6.07) is 12.8. The Labute approximate surface area is 110 Å². The van der Waals surface area contributed by atoms with Gasteiger partial charge in [-0.3, -0.25) is 0 Å². The van der Waals surface area contributed by atoms with Gasteiger partial charge in [0.25, 0.3) is 0 Å². The zero-order chi connectivity index (χ0) is 12.4. The van der Waals surface area contributed by atoms with Crippen molar-refractivity contribution in [1.29, 1.82) is 0 Å². The third kappa shape index (κ3) is 2.07. The highest BCUT2D eigenvalue weighted by molar-refractivity contribution is 7.17. The summed E-state index contributed by atoms with van der Waals surface area (Å²) >= 11 is 1.80. The molecule has 1 aromatic carbocycles. The van der Waals surface area contributed by atoms with Crippen LogP contribution < -0.4 is 5.32 Å². The Morgan fingerprint density at radius 3 is 2.89 bits per heavy atom. The van der Waals surface area contributed by atoms with E-state index in [1.54, 1.807) is 17.6 Å². The second kappa shape index (κ2) is 4.96. The standard InChI is InChI=1S/C15H15NOS/c1-16-14(9-11-5-4-8-17-11)13-10-18-15-7-3-2-6-12(13)15/h2-8,10,14,16H,9H2,1H3. The van der Waals surface area contributed by atoms with E-state index in [0.717, 1.165) is 12.2 Å². The number of benzene rings is 1. The van der Waals surface area contributed by atoms with E-state index in [1.807, 2.05) is 19.2 Å². The van der Waals surface area contributed by atoms with Crippen molar-refractivity contribution in [2.45, 2.75) is 12.5 Å². The highest BCUT2D eigenvalue weighted by atomic mass is 32.1. The van der Waals surface area contributed by atoms with Gasteiger partial charge in [0, 0.05) is 17.2 Å². The molecule has 92 valence electrons. The molecule has 0 saturated carbocycles. The molecule has 0 aliphatic rings. The molecule has 0 amide bonds. The quantitative estimate of drug-likeness (QED) is 0.764. The maximum Gasteiger partial charge on any atom is 0.105 e. The second-order valence-corrected chi connectivity index (χ2v) is 5.22. The Morgan fingerprint density at radius 2 is 2.11 bits per heavy atom. The molecule has 18 heavy (non-hydrogen) atoms. The fourth-order valence-corrected chi connectivity index (χ4v) is 3.28. The average Bonchev–Trinajstić information content (AvgIpc) is 3.05. The van der Waals surface area contributed by atoms with Crippen LogP contribution in [0.4, 0.5) is 0 Å². The molecule has 2 nitrogen and oxygen atoms in total. The minimum atomic E-state index is 0.298. The van der Waals surface area contributed by atoms with E-state index in [4.69, 9.17) is 4.42 Å². The van der Waals surface area contributed by atoms with Gasteiger partial charge >= 0.3 is 0 Å². The van der Waals surface area contributed by atoms with E-state index >= 15 is 0 Å². The molecule has 3 aromatic rings. The number of hydrogen-bond acceptors (Lipinski definition) is 3. The van der Waals surface area contributed by atoms with Crippen molar-refractivity contribution in [2.24, 2.45) is 0 Å². The Morgan fingerprint density at radius 1 is 1.22 bits per heavy atom. The number of hydrogen-bond donors (Lipinski definition) is 1. The summed E-state index contributed by atoms with van der Waals surface area (Å²) in [4.78, 5) is 0. The lowest BCUT2D eigenvalue weighted by Crippen LogP contribution is -2.18. The van der Waals surface area contributed by atoms with Gasteiger partial charge in [0.15, 0.2) is 0 Å². The van der Waals surface area contributed by atoms with Gasteiger partial charge in [-0.25, -0.2) is 0 Å². The first kappa shape index (κ1) is 11.5. The maximum atomic E-state index is 5.44. The van der Waals surface area contributed by atoms with Crippen LogP contribution in [0.15, 0.2) is 52.5 Å². The van der Waals surface area contributed by atoms with Crippen molar-refractivity contribution < 1.29 is 4.42 Å². The predicted molar refractivity (Wildman–Crippen MR) is 76.0 cm³/mol. The summed E-state index contributed by atoms with van der Waals surface area (Å²) in [6.07, 6.45) is 2.61. The molecular weight excluding hydrogens is 242 g/mol. The van der Waals surface area contributed by atoms with E-state index in [1.165, 1.54) is 15.6 Å². The van der Waals surface area contributed by atoms with Crippen LogP contribution in [0, 0.1) is 0 Å². The van der Waals surface area contributed by atoms with Gasteiger partial charge in [0.2, 0.25) is 0 Å². The van der Waals surface area contributed by atoms with Crippen LogP contribution in [0.1, 0.15) is 17.4 Å². The number of fused-ring (bicyclic) bond motifs is 1. The molecule has 0 radical (unpaired) electrons. The molecule has 0 aliphatic carbocycles. The van der Waals surface area contributed by atoms with Crippen LogP contribution in [-0.2, 0) is 6.42 Å². The van der Waals surface area contributed by atoms with E-state index in [2.05, 4.69) is 35.0 Å². The maximum absolute atomic E-state index is 5.44. The molecule has 0 spiro atoms. The molecule has 0 fully saturated rings. The van der Waals surface area contributed by atoms with Crippen LogP contribution in [-0.4, -0.2) is 7.05 Å². The van der Waals surface area contributed by atoms with Crippen molar-refractivity contribution in [3.8, 4) is 0 Å². The number of rotatable bonds is 4. The zero-order valence-corrected chi connectivity index (χ0v) is 11.0. The lowest BCUT2D eigenvalue weighted by Gasteiger charge is -2.14. The Bertz CT molecular complexity index is 627. The smallest absolute Gasteiger partial charge is 0.105 e. The van der Waals surface area contributed by atoms with Crippen molar-refractivity contribution in [1.82, 2.24) is 5.32 Å². The van der Waals surface area contributed by atoms with Crippen molar-refractivity contribution in [3.05, 3.63) is 59.4 Å². The highest BCUT2D eigenvalue weighted by Gasteiger charge is 2.15. The summed E-state index contributed by atoms with van der Waals surface area (Å²) in [7, 11) is 2.00. The fourth-order valence-electron chi connectivity index (χ4n) is 2.27. The van der Waals surface area contributed by atoms with Crippen LogP contribution in [0.2, 0.25) is 0 Å². The fraction of sp³-hybridized carbons (Fsp3) is 0.200. The van der Waals surface area contributed by atoms with Gasteiger partial charge in [-0.05, 0) is 41.6 Å². The number of likely N-dealkylation sites (N-methyl/N-ethyl adjacent to an activating group) is 1. The Balaban J connectivity index is 1.96. The van der Waals surface area contributed by atoms with Crippen LogP contribution in [0.3, 0.4) is 0 Å². The van der Waals surface area contributed by atoms with Gasteiger partial charge in [0.05, 0.1) is 6.26 Å². The highest BCUT2D eigenvalue weighted by Crippen LogP contribution is 2.31. The average molecular weight is 257 g/mol. The molecule has 1 atom stereocenters. The molecule has 1 unspecified atom stereocenters. The first-order chi connectivity index (χ1) is 8.88. The summed E-state index contributed by atoms with van der Waals surface area (Å²) < 4.78 is 6.78. The number of furan rings is 1. The molecule has 0 saturated heterocycles. The SMILES string of the molecule is CNC(Cc1ccco1)c1csc2ccccc12. The lowest BCUT2D eigenvalue weighted by atomic mass is 10.0. The molecule has 2 heterocycles. The molecule has 3 rings (SSSR count). The van der Waals surface area contributed by atoms with E-state index in [9.17, 15) is 0 Å². The third-order valence-electron chi connectivity index (χ3n) is 3.22. The van der Waals surface area contributed by atoms with E-state index < -0.39 is 0 Å². The van der Waals surface area contributed by atoms with Crippen molar-refractivity contribution >= 4 is 21.4 Å². The van der Waals surface area contributed by atoms with Gasteiger partial charge in [-0.15, -0.1) is 11.3 Å². The summed E-state index contributed by atoms with van der Waals surface area (Å²) in [5, 5.41) is 6.97. The predicted octanol–water partition coefficient (Wildman–Crippen LogP) is 4.00. The van der Waals surface area contributed by atoms with Crippen LogP contribution in [0.5, 0.6) is 0 Å². The normalized spacial score (nSPS) is 12.9. The molecule has 0 bridgehead atoms. The lowest BCUT2D eigenvalue weighted by molar-refractivity contribution is 0.467. The number of nitrogens with one attached hydrogen (secondary N) is 1. The summed E-state index contributed by atoms with van der Waals surface area (Å²) in [5.74, 6) is 1.02. The Hall–Kier alpha value is -1.58. The van der Waals surface area contributed by atoms with Crippen molar-refractivity contribution in [3.63, 3.8) is 0 Å². The minimum Gasteiger partial charge on any atom is -0.469 e. The van der Waals surface area contributed by atoms with Gasteiger partial charge in [-0.1, -0.05) is 18.2 Å². The second-order valence-electron chi connectivity index (χ2n) is 4.31.